The lowest BCUT2D eigenvalue weighted by molar-refractivity contribution is -0.389. The highest BCUT2D eigenvalue weighted by molar-refractivity contribution is 5.91. The zero-order valence-corrected chi connectivity index (χ0v) is 9.99. The van der Waals surface area contributed by atoms with Crippen LogP contribution in [0.2, 0.25) is 0 Å². The van der Waals surface area contributed by atoms with Gasteiger partial charge in [-0.3, -0.25) is 10.2 Å². The zero-order valence-electron chi connectivity index (χ0n) is 9.99. The molecule has 0 saturated carbocycles. The molecule has 2 aromatic heterocycles. The third-order valence-corrected chi connectivity index (χ3v) is 2.54. The van der Waals surface area contributed by atoms with Gasteiger partial charge >= 0.3 is 11.7 Å². The summed E-state index contributed by atoms with van der Waals surface area (Å²) in [6.45, 7) is 2.00. The standard InChI is InChI=1S/C10H11N5O4/c1-6-7(2-8(19-6)10(16)13-11)3-14-4-9(12-5-14)15(17)18/h2,4-5H,3,11H2,1H3,(H,13,16). The van der Waals surface area contributed by atoms with Gasteiger partial charge in [-0.15, -0.1) is 0 Å². The van der Waals surface area contributed by atoms with Gasteiger partial charge in [0.1, 0.15) is 12.0 Å². The van der Waals surface area contributed by atoms with E-state index >= 15 is 0 Å². The predicted molar refractivity (Wildman–Crippen MR) is 63.1 cm³/mol. The molecule has 0 saturated heterocycles. The maximum atomic E-state index is 11.3. The summed E-state index contributed by atoms with van der Waals surface area (Å²) < 4.78 is 6.76. The van der Waals surface area contributed by atoms with Crippen molar-refractivity contribution in [3.05, 3.63) is 45.8 Å². The first-order valence-corrected chi connectivity index (χ1v) is 5.27. The number of nitro groups is 1. The molecule has 19 heavy (non-hydrogen) atoms. The summed E-state index contributed by atoms with van der Waals surface area (Å²) in [6, 6.07) is 1.53. The molecule has 9 nitrogen and oxygen atoms in total. The maximum Gasteiger partial charge on any atom is 0.381 e. The summed E-state index contributed by atoms with van der Waals surface area (Å²) in [5.74, 6) is 4.86. The third kappa shape index (κ3) is 2.60. The van der Waals surface area contributed by atoms with Gasteiger partial charge < -0.3 is 19.1 Å². The number of carbonyl (C=O) groups is 1. The fraction of sp³-hybridized carbons (Fsp3) is 0.200. The van der Waals surface area contributed by atoms with Gasteiger partial charge in [0.15, 0.2) is 5.76 Å². The predicted octanol–water partition coefficient (Wildman–Crippen LogP) is 0.345. The number of hydrazine groups is 1. The number of carbonyl (C=O) groups excluding carboxylic acids is 1. The van der Waals surface area contributed by atoms with E-state index in [4.69, 9.17) is 10.3 Å². The van der Waals surface area contributed by atoms with Crippen molar-refractivity contribution < 1.29 is 14.1 Å². The second-order valence-corrected chi connectivity index (χ2v) is 3.83. The van der Waals surface area contributed by atoms with Crippen molar-refractivity contribution in [2.24, 2.45) is 5.84 Å². The van der Waals surface area contributed by atoms with Gasteiger partial charge in [0.05, 0.1) is 6.54 Å². The van der Waals surface area contributed by atoms with E-state index in [1.165, 1.54) is 23.2 Å². The molecule has 0 bridgehead atoms. The first kappa shape index (κ1) is 12.8. The molecule has 0 aromatic carbocycles. The number of aromatic nitrogens is 2. The Morgan fingerprint density at radius 3 is 3.00 bits per heavy atom. The zero-order chi connectivity index (χ0) is 14.0. The normalized spacial score (nSPS) is 10.4. The molecule has 3 N–H and O–H groups in total. The smallest absolute Gasteiger partial charge is 0.381 e. The summed E-state index contributed by atoms with van der Waals surface area (Å²) in [4.78, 5) is 24.9. The molecule has 1 amide bonds. The van der Waals surface area contributed by atoms with Crippen LogP contribution < -0.4 is 11.3 Å². The molecule has 0 atom stereocenters. The van der Waals surface area contributed by atoms with Crippen molar-refractivity contribution in [2.45, 2.75) is 13.5 Å². The highest BCUT2D eigenvalue weighted by Crippen LogP contribution is 2.17. The van der Waals surface area contributed by atoms with Gasteiger partial charge in [0.25, 0.3) is 0 Å². The number of nitrogens with zero attached hydrogens (tertiary/aromatic N) is 3. The molecular weight excluding hydrogens is 254 g/mol. The van der Waals surface area contributed by atoms with Crippen LogP contribution in [-0.2, 0) is 6.54 Å². The monoisotopic (exact) mass is 265 g/mol. The maximum absolute atomic E-state index is 11.3. The molecular formula is C10H11N5O4. The van der Waals surface area contributed by atoms with Gasteiger partial charge in [0, 0.05) is 5.56 Å². The Labute approximate surface area is 107 Å². The Balaban J connectivity index is 2.20. The number of rotatable bonds is 4. The van der Waals surface area contributed by atoms with Crippen LogP contribution in [0.1, 0.15) is 21.9 Å². The van der Waals surface area contributed by atoms with E-state index in [9.17, 15) is 14.9 Å². The number of aryl methyl sites for hydroxylation is 1. The van der Waals surface area contributed by atoms with E-state index in [0.717, 1.165) is 0 Å². The lowest BCUT2D eigenvalue weighted by atomic mass is 10.2. The van der Waals surface area contributed by atoms with E-state index in [-0.39, 0.29) is 11.6 Å². The number of imidazole rings is 1. The largest absolute Gasteiger partial charge is 0.456 e. The summed E-state index contributed by atoms with van der Waals surface area (Å²) in [6.07, 6.45) is 2.64. The fourth-order valence-electron chi connectivity index (χ4n) is 1.59. The minimum atomic E-state index is -0.577. The fourth-order valence-corrected chi connectivity index (χ4v) is 1.59. The highest BCUT2D eigenvalue weighted by Gasteiger charge is 2.15. The van der Waals surface area contributed by atoms with E-state index in [2.05, 4.69) is 4.98 Å². The number of nitrogens with two attached hydrogens (primary N) is 1. The first-order valence-electron chi connectivity index (χ1n) is 5.27. The highest BCUT2D eigenvalue weighted by atomic mass is 16.6. The average molecular weight is 265 g/mol. The van der Waals surface area contributed by atoms with Crippen LogP contribution in [0.3, 0.4) is 0 Å². The first-order chi connectivity index (χ1) is 9.01. The summed E-state index contributed by atoms with van der Waals surface area (Å²) in [7, 11) is 0. The molecule has 2 rings (SSSR count). The van der Waals surface area contributed by atoms with E-state index in [1.54, 1.807) is 6.92 Å². The summed E-state index contributed by atoms with van der Waals surface area (Å²) in [5.41, 5.74) is 2.68. The van der Waals surface area contributed by atoms with Crippen LogP contribution in [0.15, 0.2) is 23.0 Å². The lowest BCUT2D eigenvalue weighted by Gasteiger charge is -1.97. The van der Waals surface area contributed by atoms with Gasteiger partial charge in [-0.25, -0.2) is 5.84 Å². The molecule has 2 aromatic rings. The van der Waals surface area contributed by atoms with E-state index in [1.807, 2.05) is 5.43 Å². The van der Waals surface area contributed by atoms with E-state index < -0.39 is 10.8 Å². The van der Waals surface area contributed by atoms with Crippen LogP contribution in [0.4, 0.5) is 5.82 Å². The van der Waals surface area contributed by atoms with Crippen LogP contribution in [-0.4, -0.2) is 20.4 Å². The quantitative estimate of drug-likeness (QED) is 0.355. The average Bonchev–Trinajstić information content (AvgIpc) is 2.97. The third-order valence-electron chi connectivity index (χ3n) is 2.54. The molecule has 0 radical (unpaired) electrons. The van der Waals surface area contributed by atoms with Crippen molar-refractivity contribution in [3.63, 3.8) is 0 Å². The van der Waals surface area contributed by atoms with Gasteiger partial charge in [-0.1, -0.05) is 0 Å². The van der Waals surface area contributed by atoms with Crippen LogP contribution in [0.25, 0.3) is 0 Å². The SMILES string of the molecule is Cc1oc(C(=O)NN)cc1Cn1cnc([N+](=O)[O-])c1. The van der Waals surface area contributed by atoms with Crippen LogP contribution >= 0.6 is 0 Å². The van der Waals surface area contributed by atoms with Gasteiger partial charge in [-0.05, 0) is 22.9 Å². The van der Waals surface area contributed by atoms with E-state index in [0.29, 0.717) is 17.9 Å². The molecule has 100 valence electrons. The van der Waals surface area contributed by atoms with Crippen molar-refractivity contribution in [3.8, 4) is 0 Å². The Morgan fingerprint density at radius 2 is 2.42 bits per heavy atom. The van der Waals surface area contributed by atoms with Crippen LogP contribution in [0, 0.1) is 17.0 Å². The molecule has 0 spiro atoms. The van der Waals surface area contributed by atoms with Crippen molar-refractivity contribution in [1.82, 2.24) is 15.0 Å². The lowest BCUT2D eigenvalue weighted by Crippen LogP contribution is -2.29. The minimum absolute atomic E-state index is 0.0876. The number of hydrogen-bond donors (Lipinski definition) is 2. The number of furan rings is 1. The molecule has 2 heterocycles. The Kier molecular flexibility index (Phi) is 3.29. The Bertz CT molecular complexity index is 630. The number of hydrogen-bond acceptors (Lipinski definition) is 6. The molecule has 0 fully saturated rings. The van der Waals surface area contributed by atoms with Crippen molar-refractivity contribution in [2.75, 3.05) is 0 Å². The summed E-state index contributed by atoms with van der Waals surface area (Å²) >= 11 is 0. The minimum Gasteiger partial charge on any atom is -0.456 e. The number of nitrogens with one attached hydrogen (secondary N) is 1. The number of amides is 1. The molecule has 0 aliphatic heterocycles. The topological polar surface area (TPSA) is 129 Å². The van der Waals surface area contributed by atoms with Gasteiger partial charge in [-0.2, -0.15) is 0 Å². The molecule has 0 aliphatic rings. The summed E-state index contributed by atoms with van der Waals surface area (Å²) in [5, 5.41) is 10.5. The molecule has 9 heteroatoms. The van der Waals surface area contributed by atoms with Crippen molar-refractivity contribution >= 4 is 11.7 Å². The Hall–Kier alpha value is -2.68. The number of nitrogen functional groups attached to an aromatic ring is 1. The van der Waals surface area contributed by atoms with Crippen LogP contribution in [0.5, 0.6) is 0 Å². The second kappa shape index (κ2) is 4.90. The Morgan fingerprint density at radius 1 is 1.68 bits per heavy atom. The second-order valence-electron chi connectivity index (χ2n) is 3.83. The molecule has 0 unspecified atom stereocenters. The molecule has 0 aliphatic carbocycles. The van der Waals surface area contributed by atoms with Gasteiger partial charge in [0.2, 0.25) is 6.33 Å². The van der Waals surface area contributed by atoms with Crippen molar-refractivity contribution in [1.29, 1.82) is 0 Å².